The van der Waals surface area contributed by atoms with Crippen LogP contribution in [0.3, 0.4) is 0 Å². The third-order valence-electron chi connectivity index (χ3n) is 3.21. The van der Waals surface area contributed by atoms with Crippen LogP contribution in [0.2, 0.25) is 0 Å². The van der Waals surface area contributed by atoms with Crippen LogP contribution in [0, 0.1) is 0 Å². The van der Waals surface area contributed by atoms with Crippen LogP contribution >= 0.6 is 23.7 Å². The monoisotopic (exact) mass is 333 g/mol. The lowest BCUT2D eigenvalue weighted by atomic mass is 10.3. The number of amides is 2. The summed E-state index contributed by atoms with van der Waals surface area (Å²) in [5, 5.41) is 4.97. The highest BCUT2D eigenvalue weighted by Gasteiger charge is 2.21. The zero-order valence-electron chi connectivity index (χ0n) is 12.1. The van der Waals surface area contributed by atoms with E-state index in [4.69, 9.17) is 4.74 Å². The molecule has 0 unspecified atom stereocenters. The van der Waals surface area contributed by atoms with Crippen molar-refractivity contribution in [3.8, 4) is 5.75 Å². The molecule has 0 bridgehead atoms. The first-order valence-electron chi connectivity index (χ1n) is 6.48. The molecule has 2 rings (SSSR count). The molecule has 0 aliphatic carbocycles. The number of likely N-dealkylation sites (N-methyl/N-ethyl adjacent to an activating group) is 1. The highest BCUT2D eigenvalue weighted by atomic mass is 35.5. The van der Waals surface area contributed by atoms with Crippen LogP contribution < -0.4 is 10.1 Å². The summed E-state index contributed by atoms with van der Waals surface area (Å²) in [7, 11) is 3.21. The summed E-state index contributed by atoms with van der Waals surface area (Å²) in [5.74, 6) is 0.507. The van der Waals surface area contributed by atoms with Crippen molar-refractivity contribution in [1.82, 2.24) is 15.1 Å². The van der Waals surface area contributed by atoms with Crippen molar-refractivity contribution in [2.75, 3.05) is 46.9 Å². The van der Waals surface area contributed by atoms with Crippen molar-refractivity contribution in [2.24, 2.45) is 0 Å². The molecular weight excluding hydrogens is 314 g/mol. The summed E-state index contributed by atoms with van der Waals surface area (Å²) in [5.41, 5.74) is 0. The van der Waals surface area contributed by atoms with E-state index in [0.29, 0.717) is 23.7 Å². The van der Waals surface area contributed by atoms with E-state index >= 15 is 0 Å². The van der Waals surface area contributed by atoms with E-state index in [0.717, 1.165) is 13.1 Å². The highest BCUT2D eigenvalue weighted by Crippen LogP contribution is 2.22. The number of thiophene rings is 1. The molecule has 1 N–H and O–H groups in total. The van der Waals surface area contributed by atoms with Crippen LogP contribution in [0.4, 0.5) is 0 Å². The zero-order valence-corrected chi connectivity index (χ0v) is 13.8. The molecular formula is C13H20ClN3O3S. The number of rotatable bonds is 4. The molecule has 0 saturated carbocycles. The second-order valence-corrected chi connectivity index (χ2v) is 5.55. The van der Waals surface area contributed by atoms with Gasteiger partial charge in [-0.05, 0) is 0 Å². The molecule has 1 saturated heterocycles. The average Bonchev–Trinajstić information content (AvgIpc) is 2.96. The number of nitrogens with one attached hydrogen (secondary N) is 1. The molecule has 21 heavy (non-hydrogen) atoms. The van der Waals surface area contributed by atoms with Crippen LogP contribution in [0.1, 0.15) is 9.67 Å². The van der Waals surface area contributed by atoms with E-state index in [2.05, 4.69) is 5.32 Å². The van der Waals surface area contributed by atoms with Crippen molar-refractivity contribution in [3.63, 3.8) is 0 Å². The van der Waals surface area contributed by atoms with Crippen LogP contribution in [0.5, 0.6) is 5.75 Å². The molecule has 0 atom stereocenters. The maximum Gasteiger partial charge on any atom is 0.264 e. The van der Waals surface area contributed by atoms with Gasteiger partial charge in [-0.3, -0.25) is 9.59 Å². The van der Waals surface area contributed by atoms with Crippen molar-refractivity contribution >= 4 is 35.6 Å². The molecule has 0 radical (unpaired) electrons. The average molecular weight is 334 g/mol. The van der Waals surface area contributed by atoms with Gasteiger partial charge in [0.15, 0.2) is 0 Å². The first kappa shape index (κ1) is 17.7. The fourth-order valence-electron chi connectivity index (χ4n) is 2.02. The van der Waals surface area contributed by atoms with Crippen LogP contribution in [-0.2, 0) is 4.79 Å². The molecule has 1 aliphatic rings. The maximum absolute atomic E-state index is 12.2. The Balaban J connectivity index is 0.00000220. The smallest absolute Gasteiger partial charge is 0.264 e. The van der Waals surface area contributed by atoms with Crippen molar-refractivity contribution in [1.29, 1.82) is 0 Å². The fraction of sp³-hybridized carbons (Fsp3) is 0.538. The Kier molecular flexibility index (Phi) is 6.94. The normalized spacial score (nSPS) is 14.3. The Morgan fingerprint density at radius 1 is 1.43 bits per heavy atom. The van der Waals surface area contributed by atoms with Crippen LogP contribution in [-0.4, -0.2) is 68.5 Å². The second-order valence-electron chi connectivity index (χ2n) is 4.64. The van der Waals surface area contributed by atoms with Gasteiger partial charge in [-0.25, -0.2) is 0 Å². The lowest BCUT2D eigenvalue weighted by Gasteiger charge is -2.29. The third-order valence-corrected chi connectivity index (χ3v) is 4.11. The number of hydrogen-bond donors (Lipinski definition) is 1. The van der Waals surface area contributed by atoms with Gasteiger partial charge < -0.3 is 19.9 Å². The van der Waals surface area contributed by atoms with Crippen molar-refractivity contribution in [2.45, 2.75) is 0 Å². The number of carbonyl (C=O) groups is 2. The van der Waals surface area contributed by atoms with Crippen molar-refractivity contribution in [3.05, 3.63) is 16.3 Å². The van der Waals surface area contributed by atoms with E-state index in [1.54, 1.807) is 30.5 Å². The molecule has 2 heterocycles. The Hall–Kier alpha value is -1.31. The standard InChI is InChI=1S/C13H19N3O3S.ClH/c1-15(8-12(17)16-5-3-14-4-6-16)13(18)11-7-10(19-2)9-20-11;/h7,9,14H,3-6,8H2,1-2H3;1H. The third kappa shape index (κ3) is 4.59. The number of halogens is 1. The van der Waals surface area contributed by atoms with Gasteiger partial charge in [0.05, 0.1) is 18.5 Å². The van der Waals surface area contributed by atoms with Gasteiger partial charge in [0, 0.05) is 44.7 Å². The number of methoxy groups -OCH3 is 1. The molecule has 6 nitrogen and oxygen atoms in total. The van der Waals surface area contributed by atoms with Gasteiger partial charge in [0.2, 0.25) is 5.91 Å². The van der Waals surface area contributed by atoms with Gasteiger partial charge in [0.1, 0.15) is 5.75 Å². The maximum atomic E-state index is 12.2. The summed E-state index contributed by atoms with van der Waals surface area (Å²) < 4.78 is 5.06. The van der Waals surface area contributed by atoms with Crippen molar-refractivity contribution < 1.29 is 14.3 Å². The van der Waals surface area contributed by atoms with Gasteiger partial charge in [-0.2, -0.15) is 0 Å². The minimum atomic E-state index is -0.151. The molecule has 0 spiro atoms. The van der Waals surface area contributed by atoms with Gasteiger partial charge in [-0.1, -0.05) is 0 Å². The first-order valence-corrected chi connectivity index (χ1v) is 7.36. The van der Waals surface area contributed by atoms with Gasteiger partial charge in [0.25, 0.3) is 5.91 Å². The lowest BCUT2D eigenvalue weighted by molar-refractivity contribution is -0.132. The molecule has 1 aromatic rings. The Bertz CT molecular complexity index is 489. The Morgan fingerprint density at radius 3 is 2.67 bits per heavy atom. The zero-order chi connectivity index (χ0) is 14.5. The molecule has 0 aromatic carbocycles. The Morgan fingerprint density at radius 2 is 2.10 bits per heavy atom. The predicted molar refractivity (Wildman–Crippen MR) is 84.5 cm³/mol. The largest absolute Gasteiger partial charge is 0.496 e. The summed E-state index contributed by atoms with van der Waals surface area (Å²) >= 11 is 1.32. The number of nitrogens with zero attached hydrogens (tertiary/aromatic N) is 2. The fourth-order valence-corrected chi connectivity index (χ4v) is 2.86. The minimum absolute atomic E-state index is 0. The molecule has 2 amide bonds. The van der Waals surface area contributed by atoms with E-state index in [9.17, 15) is 9.59 Å². The molecule has 118 valence electrons. The van der Waals surface area contributed by atoms with Gasteiger partial charge >= 0.3 is 0 Å². The number of ether oxygens (including phenoxy) is 1. The summed E-state index contributed by atoms with van der Waals surface area (Å²) in [6, 6.07) is 1.69. The SMILES string of the molecule is COc1csc(C(=O)N(C)CC(=O)N2CCNCC2)c1.Cl. The first-order chi connectivity index (χ1) is 9.61. The number of hydrogen-bond acceptors (Lipinski definition) is 5. The Labute approximate surface area is 134 Å². The number of piperazine rings is 1. The van der Waals surface area contributed by atoms with Gasteiger partial charge in [-0.15, -0.1) is 23.7 Å². The summed E-state index contributed by atoms with van der Waals surface area (Å²) in [4.78, 5) is 28.1. The van der Waals surface area contributed by atoms with E-state index in [-0.39, 0.29) is 30.8 Å². The molecule has 1 fully saturated rings. The van der Waals surface area contributed by atoms with E-state index in [1.165, 1.54) is 16.2 Å². The minimum Gasteiger partial charge on any atom is -0.496 e. The number of carbonyl (C=O) groups excluding carboxylic acids is 2. The second kappa shape index (κ2) is 8.21. The highest BCUT2D eigenvalue weighted by molar-refractivity contribution is 7.12. The molecule has 1 aromatic heterocycles. The predicted octanol–water partition coefficient (Wildman–Crippen LogP) is 0.682. The van der Waals surface area contributed by atoms with E-state index in [1.807, 2.05) is 0 Å². The molecule has 8 heteroatoms. The van der Waals surface area contributed by atoms with Crippen LogP contribution in [0.15, 0.2) is 11.4 Å². The molecule has 1 aliphatic heterocycles. The van der Waals surface area contributed by atoms with E-state index < -0.39 is 0 Å². The topological polar surface area (TPSA) is 61.9 Å². The van der Waals surface area contributed by atoms with Crippen LogP contribution in [0.25, 0.3) is 0 Å². The quantitative estimate of drug-likeness (QED) is 0.880. The summed E-state index contributed by atoms with van der Waals surface area (Å²) in [6.45, 7) is 3.14. The lowest BCUT2D eigenvalue weighted by Crippen LogP contribution is -2.49. The summed E-state index contributed by atoms with van der Waals surface area (Å²) in [6.07, 6.45) is 0.